The standard InChI is InChI=1S/C32H25Br2N3O4/c1-3-36-30(38)28(41-32(36)35-29-26(31(39)40-2)19-22(33)20-27(29)34)18-21-14-16-25(17-15-21)37(23-10-6-4-7-11-23)24-12-8-5-9-13-24/h4-20H,3H2,1-2H3/b28-18+,35-32?. The van der Waals surface area contributed by atoms with Crippen LogP contribution >= 0.6 is 31.9 Å². The summed E-state index contributed by atoms with van der Waals surface area (Å²) in [7, 11) is 1.30. The molecular formula is C32H25Br2N3O4. The molecule has 0 aromatic heterocycles. The third-order valence-electron chi connectivity index (χ3n) is 6.32. The number of ether oxygens (including phenoxy) is 2. The Bertz CT molecular complexity index is 1600. The van der Waals surface area contributed by atoms with Crippen molar-refractivity contribution in [3.8, 4) is 0 Å². The SMILES string of the molecule is CCN1C(=O)/C(=C\c2ccc(N(c3ccccc3)c3ccccc3)cc2)OC1=Nc1c(Br)cc(Br)cc1C(=O)OC. The fourth-order valence-corrected chi connectivity index (χ4v) is 5.70. The molecule has 206 valence electrons. The van der Waals surface area contributed by atoms with E-state index in [9.17, 15) is 9.59 Å². The molecule has 4 aromatic carbocycles. The van der Waals surface area contributed by atoms with Crippen LogP contribution in [-0.4, -0.2) is 36.5 Å². The summed E-state index contributed by atoms with van der Waals surface area (Å²) in [6, 6.07) is 31.5. The van der Waals surface area contributed by atoms with Gasteiger partial charge in [0.05, 0.1) is 18.4 Å². The highest BCUT2D eigenvalue weighted by Gasteiger charge is 2.34. The lowest BCUT2D eigenvalue weighted by atomic mass is 10.1. The van der Waals surface area contributed by atoms with Gasteiger partial charge in [-0.15, -0.1) is 0 Å². The molecular weight excluding hydrogens is 650 g/mol. The Labute approximate surface area is 255 Å². The zero-order chi connectivity index (χ0) is 28.9. The number of rotatable bonds is 7. The highest BCUT2D eigenvalue weighted by atomic mass is 79.9. The summed E-state index contributed by atoms with van der Waals surface area (Å²) in [5.41, 5.74) is 4.34. The van der Waals surface area contributed by atoms with E-state index in [4.69, 9.17) is 9.47 Å². The molecule has 7 nitrogen and oxygen atoms in total. The van der Waals surface area contributed by atoms with Crippen LogP contribution in [0.2, 0.25) is 0 Å². The van der Waals surface area contributed by atoms with Crippen molar-refractivity contribution in [3.05, 3.63) is 123 Å². The number of aliphatic imine (C=N–C) groups is 1. The number of hydrogen-bond donors (Lipinski definition) is 0. The van der Waals surface area contributed by atoms with E-state index in [0.29, 0.717) is 21.2 Å². The summed E-state index contributed by atoms with van der Waals surface area (Å²) in [5, 5.41) is 0. The van der Waals surface area contributed by atoms with Gasteiger partial charge in [0.25, 0.3) is 5.91 Å². The lowest BCUT2D eigenvalue weighted by Gasteiger charge is -2.25. The average Bonchev–Trinajstić information content (AvgIpc) is 3.29. The minimum Gasteiger partial charge on any atom is -0.465 e. The number of carbonyl (C=O) groups excluding carboxylic acids is 2. The first kappa shape index (κ1) is 28.3. The average molecular weight is 675 g/mol. The van der Waals surface area contributed by atoms with Gasteiger partial charge in [0.15, 0.2) is 5.76 Å². The molecule has 0 radical (unpaired) electrons. The molecule has 0 aliphatic carbocycles. The van der Waals surface area contributed by atoms with E-state index in [1.165, 1.54) is 12.0 Å². The van der Waals surface area contributed by atoms with E-state index in [2.05, 4.69) is 66.0 Å². The summed E-state index contributed by atoms with van der Waals surface area (Å²) in [6.07, 6.45) is 1.69. The zero-order valence-electron chi connectivity index (χ0n) is 22.3. The molecule has 1 fully saturated rings. The van der Waals surface area contributed by atoms with Crippen molar-refractivity contribution in [1.82, 2.24) is 4.90 Å². The van der Waals surface area contributed by atoms with Crippen LogP contribution in [0.5, 0.6) is 0 Å². The Morgan fingerprint density at radius 1 is 0.927 bits per heavy atom. The summed E-state index contributed by atoms with van der Waals surface area (Å²) in [4.78, 5) is 33.8. The monoisotopic (exact) mass is 673 g/mol. The number of nitrogens with zero attached hydrogens (tertiary/aromatic N) is 3. The van der Waals surface area contributed by atoms with Crippen molar-refractivity contribution in [2.75, 3.05) is 18.6 Å². The van der Waals surface area contributed by atoms with Gasteiger partial charge in [-0.1, -0.05) is 64.5 Å². The van der Waals surface area contributed by atoms with Gasteiger partial charge in [0.2, 0.25) is 0 Å². The van der Waals surface area contributed by atoms with E-state index in [1.54, 1.807) is 18.2 Å². The molecule has 0 spiro atoms. The number of amidine groups is 1. The van der Waals surface area contributed by atoms with E-state index in [-0.39, 0.29) is 23.3 Å². The minimum absolute atomic E-state index is 0.0767. The van der Waals surface area contributed by atoms with Gasteiger partial charge in [0, 0.05) is 32.6 Å². The molecule has 1 aliphatic heterocycles. The molecule has 0 saturated carbocycles. The van der Waals surface area contributed by atoms with Crippen molar-refractivity contribution in [2.24, 2.45) is 4.99 Å². The molecule has 4 aromatic rings. The van der Waals surface area contributed by atoms with Crippen LogP contribution < -0.4 is 4.90 Å². The van der Waals surface area contributed by atoms with Crippen molar-refractivity contribution in [3.63, 3.8) is 0 Å². The largest absolute Gasteiger partial charge is 0.465 e. The lowest BCUT2D eigenvalue weighted by Crippen LogP contribution is -2.29. The second-order valence-corrected chi connectivity index (χ2v) is 10.7. The summed E-state index contributed by atoms with van der Waals surface area (Å²) < 4.78 is 12.1. The van der Waals surface area contributed by atoms with E-state index in [1.807, 2.05) is 67.6 Å². The van der Waals surface area contributed by atoms with Crippen molar-refractivity contribution in [1.29, 1.82) is 0 Å². The Morgan fingerprint density at radius 3 is 2.07 bits per heavy atom. The topological polar surface area (TPSA) is 71.4 Å². The molecule has 0 unspecified atom stereocenters. The Kier molecular flexibility index (Phi) is 8.66. The van der Waals surface area contributed by atoms with Gasteiger partial charge in [-0.05, 0) is 83.0 Å². The van der Waals surface area contributed by atoms with E-state index >= 15 is 0 Å². The van der Waals surface area contributed by atoms with Crippen molar-refractivity contribution in [2.45, 2.75) is 6.92 Å². The van der Waals surface area contributed by atoms with Crippen LogP contribution in [0.4, 0.5) is 22.7 Å². The Hall–Kier alpha value is -4.21. The number of carbonyl (C=O) groups is 2. The fourth-order valence-electron chi connectivity index (χ4n) is 4.38. The molecule has 0 N–H and O–H groups in total. The fraction of sp³-hybridized carbons (Fsp3) is 0.0938. The maximum absolute atomic E-state index is 13.2. The number of benzene rings is 4. The number of anilines is 3. The molecule has 5 rings (SSSR count). The highest BCUT2D eigenvalue weighted by Crippen LogP contribution is 2.36. The van der Waals surface area contributed by atoms with Gasteiger partial charge >= 0.3 is 12.0 Å². The summed E-state index contributed by atoms with van der Waals surface area (Å²) >= 11 is 6.84. The van der Waals surface area contributed by atoms with Crippen molar-refractivity contribution < 1.29 is 19.1 Å². The Balaban J connectivity index is 1.47. The summed E-state index contributed by atoms with van der Waals surface area (Å²) in [5.74, 6) is -0.748. The molecule has 9 heteroatoms. The quantitative estimate of drug-likeness (QED) is 0.146. The number of halogens is 2. The maximum Gasteiger partial charge on any atom is 0.340 e. The first-order valence-corrected chi connectivity index (χ1v) is 14.4. The molecule has 0 bridgehead atoms. The molecule has 1 aliphatic rings. The second kappa shape index (κ2) is 12.5. The number of methoxy groups -OCH3 is 1. The molecule has 1 saturated heterocycles. The van der Waals surface area contributed by atoms with E-state index in [0.717, 1.165) is 22.6 Å². The highest BCUT2D eigenvalue weighted by molar-refractivity contribution is 9.11. The van der Waals surface area contributed by atoms with Gasteiger partial charge in [0.1, 0.15) is 0 Å². The molecule has 41 heavy (non-hydrogen) atoms. The number of likely N-dealkylation sites (N-methyl/N-ethyl adjacent to an activating group) is 1. The van der Waals surface area contributed by atoms with Gasteiger partial charge in [-0.25, -0.2) is 4.79 Å². The number of esters is 1. The first-order valence-electron chi connectivity index (χ1n) is 12.8. The van der Waals surface area contributed by atoms with Crippen LogP contribution in [0.15, 0.2) is 117 Å². The zero-order valence-corrected chi connectivity index (χ0v) is 25.4. The minimum atomic E-state index is -0.561. The molecule has 1 amide bonds. The predicted molar refractivity (Wildman–Crippen MR) is 168 cm³/mol. The summed E-state index contributed by atoms with van der Waals surface area (Å²) in [6.45, 7) is 2.16. The smallest absolute Gasteiger partial charge is 0.340 e. The van der Waals surface area contributed by atoms with Gasteiger partial charge in [-0.2, -0.15) is 4.99 Å². The van der Waals surface area contributed by atoms with Crippen molar-refractivity contribution >= 4 is 78.6 Å². The molecule has 0 atom stereocenters. The normalized spacial score (nSPS) is 14.8. The van der Waals surface area contributed by atoms with E-state index < -0.39 is 5.97 Å². The third-order valence-corrected chi connectivity index (χ3v) is 7.39. The third kappa shape index (κ3) is 6.11. The van der Waals surface area contributed by atoms with Gasteiger partial charge < -0.3 is 14.4 Å². The van der Waals surface area contributed by atoms with Crippen LogP contribution in [0.1, 0.15) is 22.8 Å². The van der Waals surface area contributed by atoms with Crippen LogP contribution in [0, 0.1) is 0 Å². The number of para-hydroxylation sites is 2. The van der Waals surface area contributed by atoms with Crippen LogP contribution in [-0.2, 0) is 14.3 Å². The van der Waals surface area contributed by atoms with Gasteiger partial charge in [-0.3, -0.25) is 9.69 Å². The van der Waals surface area contributed by atoms with Crippen LogP contribution in [0.25, 0.3) is 6.08 Å². The lowest BCUT2D eigenvalue weighted by molar-refractivity contribution is -0.122. The number of hydrogen-bond acceptors (Lipinski definition) is 6. The van der Waals surface area contributed by atoms with Crippen LogP contribution in [0.3, 0.4) is 0 Å². The number of amides is 1. The predicted octanol–water partition coefficient (Wildman–Crippen LogP) is 8.38. The second-order valence-electron chi connectivity index (χ2n) is 8.93. The maximum atomic E-state index is 13.2. The first-order chi connectivity index (χ1) is 19.9. The molecule has 1 heterocycles. The Morgan fingerprint density at radius 2 is 1.51 bits per heavy atom.